The van der Waals surface area contributed by atoms with Crippen molar-refractivity contribution >= 4 is 11.6 Å². The van der Waals surface area contributed by atoms with Gasteiger partial charge in [0, 0.05) is 23.5 Å². The van der Waals surface area contributed by atoms with Crippen molar-refractivity contribution in [3.63, 3.8) is 0 Å². The monoisotopic (exact) mass is 235 g/mol. The van der Waals surface area contributed by atoms with Gasteiger partial charge in [0.05, 0.1) is 6.54 Å². The molecule has 0 saturated heterocycles. The third-order valence-electron chi connectivity index (χ3n) is 2.48. The highest BCUT2D eigenvalue weighted by molar-refractivity contribution is 6.30. The average Bonchev–Trinajstić information content (AvgIpc) is 2.78. The van der Waals surface area contributed by atoms with Crippen LogP contribution in [0.5, 0.6) is 0 Å². The van der Waals surface area contributed by atoms with E-state index in [1.807, 2.05) is 24.4 Å². The number of benzene rings is 1. The van der Waals surface area contributed by atoms with Crippen LogP contribution < -0.4 is 5.32 Å². The van der Waals surface area contributed by atoms with Crippen molar-refractivity contribution < 1.29 is 0 Å². The van der Waals surface area contributed by atoms with Gasteiger partial charge in [0.1, 0.15) is 5.82 Å². The molecule has 0 radical (unpaired) electrons. The van der Waals surface area contributed by atoms with Crippen molar-refractivity contribution in [2.24, 2.45) is 0 Å². The summed E-state index contributed by atoms with van der Waals surface area (Å²) in [5, 5.41) is 4.14. The van der Waals surface area contributed by atoms with Gasteiger partial charge in [-0.25, -0.2) is 4.98 Å². The quantitative estimate of drug-likeness (QED) is 0.856. The van der Waals surface area contributed by atoms with Crippen molar-refractivity contribution in [2.75, 3.05) is 0 Å². The molecule has 0 saturated carbocycles. The molecule has 1 atom stereocenters. The second-order valence-corrected chi connectivity index (χ2v) is 4.13. The lowest BCUT2D eigenvalue weighted by Crippen LogP contribution is -2.18. The molecule has 2 N–H and O–H groups in total. The Bertz CT molecular complexity index is 439. The Morgan fingerprint density at radius 1 is 1.50 bits per heavy atom. The maximum Gasteiger partial charge on any atom is 0.120 e. The van der Waals surface area contributed by atoms with Crippen LogP contribution in [0.4, 0.5) is 0 Å². The van der Waals surface area contributed by atoms with E-state index in [9.17, 15) is 0 Å². The average molecular weight is 236 g/mol. The lowest BCUT2D eigenvalue weighted by atomic mass is 10.1. The molecular weight excluding hydrogens is 222 g/mol. The maximum atomic E-state index is 5.94. The lowest BCUT2D eigenvalue weighted by molar-refractivity contribution is 0.562. The summed E-state index contributed by atoms with van der Waals surface area (Å²) < 4.78 is 0. The number of H-pyrrole nitrogens is 1. The predicted molar refractivity (Wildman–Crippen MR) is 65.3 cm³/mol. The van der Waals surface area contributed by atoms with Crippen molar-refractivity contribution in [2.45, 2.75) is 19.5 Å². The van der Waals surface area contributed by atoms with E-state index in [1.165, 1.54) is 5.56 Å². The van der Waals surface area contributed by atoms with Crippen LogP contribution in [0.15, 0.2) is 36.7 Å². The molecule has 2 aromatic rings. The number of hydrogen-bond donors (Lipinski definition) is 2. The first-order valence-electron chi connectivity index (χ1n) is 5.23. The van der Waals surface area contributed by atoms with Gasteiger partial charge in [-0.3, -0.25) is 0 Å². The standard InChI is InChI=1S/C12H14ClN3/c1-9(10-3-2-4-11(13)7-10)16-8-12-14-5-6-15-12/h2-7,9,16H,8H2,1H3,(H,14,15)/t9-/m1/s1. The molecule has 0 fully saturated rings. The van der Waals surface area contributed by atoms with Crippen LogP contribution in [0.2, 0.25) is 5.02 Å². The molecule has 0 bridgehead atoms. The number of aromatic amines is 1. The molecule has 0 aliphatic heterocycles. The number of nitrogens with one attached hydrogen (secondary N) is 2. The lowest BCUT2D eigenvalue weighted by Gasteiger charge is -2.13. The van der Waals surface area contributed by atoms with E-state index in [-0.39, 0.29) is 6.04 Å². The molecule has 1 heterocycles. The summed E-state index contributed by atoms with van der Waals surface area (Å²) in [7, 11) is 0. The third-order valence-corrected chi connectivity index (χ3v) is 2.71. The van der Waals surface area contributed by atoms with Gasteiger partial charge in [-0.1, -0.05) is 23.7 Å². The first kappa shape index (κ1) is 11.2. The van der Waals surface area contributed by atoms with Crippen molar-refractivity contribution in [3.05, 3.63) is 53.1 Å². The molecule has 2 rings (SSSR count). The van der Waals surface area contributed by atoms with E-state index in [0.29, 0.717) is 0 Å². The van der Waals surface area contributed by atoms with Gasteiger partial charge in [-0.15, -0.1) is 0 Å². The molecule has 1 aromatic heterocycles. The molecular formula is C12H14ClN3. The summed E-state index contributed by atoms with van der Waals surface area (Å²) in [6.07, 6.45) is 3.57. The number of aromatic nitrogens is 2. The van der Waals surface area contributed by atoms with Gasteiger partial charge in [0.2, 0.25) is 0 Å². The van der Waals surface area contributed by atoms with Crippen LogP contribution in [-0.4, -0.2) is 9.97 Å². The van der Waals surface area contributed by atoms with Crippen LogP contribution in [-0.2, 0) is 6.54 Å². The SMILES string of the molecule is C[C@@H](NCc1ncc[nH]1)c1cccc(Cl)c1. The summed E-state index contributed by atoms with van der Waals surface area (Å²) >= 11 is 5.94. The van der Waals surface area contributed by atoms with Gasteiger partial charge in [-0.05, 0) is 24.6 Å². The minimum absolute atomic E-state index is 0.254. The number of rotatable bonds is 4. The van der Waals surface area contributed by atoms with E-state index >= 15 is 0 Å². The van der Waals surface area contributed by atoms with Crippen molar-refractivity contribution in [3.8, 4) is 0 Å². The molecule has 4 heteroatoms. The fourth-order valence-corrected chi connectivity index (χ4v) is 1.74. The van der Waals surface area contributed by atoms with Gasteiger partial charge >= 0.3 is 0 Å². The minimum Gasteiger partial charge on any atom is -0.348 e. The van der Waals surface area contributed by atoms with Gasteiger partial charge < -0.3 is 10.3 Å². The summed E-state index contributed by atoms with van der Waals surface area (Å²) in [5.41, 5.74) is 1.18. The molecule has 0 spiro atoms. The summed E-state index contributed by atoms with van der Waals surface area (Å²) in [5.74, 6) is 0.939. The summed E-state index contributed by atoms with van der Waals surface area (Å²) in [4.78, 5) is 7.21. The zero-order chi connectivity index (χ0) is 11.4. The molecule has 1 aromatic carbocycles. The Kier molecular flexibility index (Phi) is 3.59. The second-order valence-electron chi connectivity index (χ2n) is 3.69. The predicted octanol–water partition coefficient (Wildman–Crippen LogP) is 2.91. The van der Waals surface area contributed by atoms with Gasteiger partial charge in [0.25, 0.3) is 0 Å². The Morgan fingerprint density at radius 3 is 3.06 bits per heavy atom. The number of imidazole rings is 1. The highest BCUT2D eigenvalue weighted by atomic mass is 35.5. The number of halogens is 1. The topological polar surface area (TPSA) is 40.7 Å². The van der Waals surface area contributed by atoms with Crippen molar-refractivity contribution in [1.82, 2.24) is 15.3 Å². The van der Waals surface area contributed by atoms with E-state index in [2.05, 4.69) is 28.3 Å². The van der Waals surface area contributed by atoms with Gasteiger partial charge in [-0.2, -0.15) is 0 Å². The fraction of sp³-hybridized carbons (Fsp3) is 0.250. The summed E-state index contributed by atoms with van der Waals surface area (Å²) in [6.45, 7) is 2.83. The van der Waals surface area contributed by atoms with E-state index < -0.39 is 0 Å². The number of nitrogens with zero attached hydrogens (tertiary/aromatic N) is 1. The number of hydrogen-bond acceptors (Lipinski definition) is 2. The minimum atomic E-state index is 0.254. The second kappa shape index (κ2) is 5.14. The van der Waals surface area contributed by atoms with Crippen molar-refractivity contribution in [1.29, 1.82) is 0 Å². The Balaban J connectivity index is 1.95. The van der Waals surface area contributed by atoms with E-state index in [0.717, 1.165) is 17.4 Å². The molecule has 0 aliphatic rings. The third kappa shape index (κ3) is 2.84. The van der Waals surface area contributed by atoms with E-state index in [4.69, 9.17) is 11.6 Å². The molecule has 0 aliphatic carbocycles. The molecule has 3 nitrogen and oxygen atoms in total. The Labute approximate surface area is 99.9 Å². The van der Waals surface area contributed by atoms with Gasteiger partial charge in [0.15, 0.2) is 0 Å². The van der Waals surface area contributed by atoms with E-state index in [1.54, 1.807) is 6.20 Å². The smallest absolute Gasteiger partial charge is 0.120 e. The fourth-order valence-electron chi connectivity index (χ4n) is 1.54. The highest BCUT2D eigenvalue weighted by Gasteiger charge is 2.05. The molecule has 84 valence electrons. The first-order chi connectivity index (χ1) is 7.75. The normalized spacial score (nSPS) is 12.6. The van der Waals surface area contributed by atoms with Crippen LogP contribution in [0, 0.1) is 0 Å². The highest BCUT2D eigenvalue weighted by Crippen LogP contribution is 2.17. The van der Waals surface area contributed by atoms with Crippen LogP contribution in [0.1, 0.15) is 24.4 Å². The Morgan fingerprint density at radius 2 is 2.38 bits per heavy atom. The zero-order valence-electron chi connectivity index (χ0n) is 9.07. The maximum absolute atomic E-state index is 5.94. The molecule has 0 unspecified atom stereocenters. The van der Waals surface area contributed by atoms with Crippen LogP contribution in [0.3, 0.4) is 0 Å². The Hall–Kier alpha value is -1.32. The molecule has 16 heavy (non-hydrogen) atoms. The largest absolute Gasteiger partial charge is 0.348 e. The molecule has 0 amide bonds. The van der Waals surface area contributed by atoms with Crippen LogP contribution in [0.25, 0.3) is 0 Å². The summed E-state index contributed by atoms with van der Waals surface area (Å²) in [6, 6.07) is 8.13. The zero-order valence-corrected chi connectivity index (χ0v) is 9.83. The van der Waals surface area contributed by atoms with Crippen LogP contribution >= 0.6 is 11.6 Å². The first-order valence-corrected chi connectivity index (χ1v) is 5.60.